The van der Waals surface area contributed by atoms with Crippen molar-refractivity contribution in [1.29, 1.82) is 0 Å². The standard InChI is InChI=1S/C19H20Cl2N4O4/c1-3-24(11-19(27)23-16-8-13(20)5-4-12(16)2)10-18(26)22-15-7-6-14(21)9-17(15)25(28)29/h4-9H,3,10-11H2,1-2H3,(H,22,26)(H,23,27). The fourth-order valence-electron chi connectivity index (χ4n) is 2.56. The van der Waals surface area contributed by atoms with E-state index < -0.39 is 10.8 Å². The van der Waals surface area contributed by atoms with E-state index in [1.54, 1.807) is 30.0 Å². The van der Waals surface area contributed by atoms with Gasteiger partial charge in [0.1, 0.15) is 5.69 Å². The fraction of sp³-hybridized carbons (Fsp3) is 0.263. The molecule has 0 bridgehead atoms. The Kier molecular flexibility index (Phi) is 7.95. The van der Waals surface area contributed by atoms with E-state index in [4.69, 9.17) is 23.2 Å². The molecular formula is C19H20Cl2N4O4. The van der Waals surface area contributed by atoms with Gasteiger partial charge >= 0.3 is 0 Å². The number of likely N-dealkylation sites (N-methyl/N-ethyl adjacent to an activating group) is 1. The van der Waals surface area contributed by atoms with Crippen LogP contribution in [0.3, 0.4) is 0 Å². The average Bonchev–Trinajstić information content (AvgIpc) is 2.65. The number of amides is 2. The molecule has 10 heteroatoms. The molecule has 0 fully saturated rings. The summed E-state index contributed by atoms with van der Waals surface area (Å²) in [5.74, 6) is -0.786. The lowest BCUT2D eigenvalue weighted by Crippen LogP contribution is -2.38. The largest absolute Gasteiger partial charge is 0.325 e. The fourth-order valence-corrected chi connectivity index (χ4v) is 2.89. The molecule has 0 heterocycles. The van der Waals surface area contributed by atoms with E-state index in [0.717, 1.165) is 11.6 Å². The third-order valence-corrected chi connectivity index (χ3v) is 4.56. The Morgan fingerprint density at radius 3 is 2.14 bits per heavy atom. The van der Waals surface area contributed by atoms with Crippen molar-refractivity contribution in [3.8, 4) is 0 Å². The van der Waals surface area contributed by atoms with Crippen LogP contribution in [0.4, 0.5) is 17.1 Å². The maximum absolute atomic E-state index is 12.3. The Balaban J connectivity index is 1.99. The Hall–Kier alpha value is -2.68. The first-order valence-corrected chi connectivity index (χ1v) is 9.47. The summed E-state index contributed by atoms with van der Waals surface area (Å²) in [5, 5.41) is 17.1. The Bertz CT molecular complexity index is 936. The third-order valence-electron chi connectivity index (χ3n) is 4.09. The van der Waals surface area contributed by atoms with Crippen LogP contribution < -0.4 is 10.6 Å². The van der Waals surface area contributed by atoms with Crippen LogP contribution in [0.15, 0.2) is 36.4 Å². The minimum Gasteiger partial charge on any atom is -0.325 e. The molecule has 2 aromatic carbocycles. The van der Waals surface area contributed by atoms with Crippen molar-refractivity contribution in [3.63, 3.8) is 0 Å². The van der Waals surface area contributed by atoms with Crippen molar-refractivity contribution < 1.29 is 14.5 Å². The van der Waals surface area contributed by atoms with Crippen LogP contribution in [0, 0.1) is 17.0 Å². The van der Waals surface area contributed by atoms with Gasteiger partial charge in [0, 0.05) is 21.8 Å². The SMILES string of the molecule is CCN(CC(=O)Nc1cc(Cl)ccc1C)CC(=O)Nc1ccc(Cl)cc1[N+](=O)[O-]. The summed E-state index contributed by atoms with van der Waals surface area (Å²) in [4.78, 5) is 36.8. The average molecular weight is 439 g/mol. The van der Waals surface area contributed by atoms with Gasteiger partial charge < -0.3 is 10.6 Å². The van der Waals surface area contributed by atoms with Gasteiger partial charge in [-0.25, -0.2) is 0 Å². The van der Waals surface area contributed by atoms with E-state index >= 15 is 0 Å². The maximum Gasteiger partial charge on any atom is 0.294 e. The van der Waals surface area contributed by atoms with Crippen LogP contribution in [-0.2, 0) is 9.59 Å². The second-order valence-corrected chi connectivity index (χ2v) is 7.15. The molecule has 2 amide bonds. The smallest absolute Gasteiger partial charge is 0.294 e. The molecule has 154 valence electrons. The lowest BCUT2D eigenvalue weighted by molar-refractivity contribution is -0.383. The molecule has 2 rings (SSSR count). The predicted octanol–water partition coefficient (Wildman–Crippen LogP) is 4.11. The van der Waals surface area contributed by atoms with Gasteiger partial charge in [0.2, 0.25) is 11.8 Å². The number of rotatable bonds is 8. The topological polar surface area (TPSA) is 105 Å². The van der Waals surface area contributed by atoms with Gasteiger partial charge in [-0.2, -0.15) is 0 Å². The highest BCUT2D eigenvalue weighted by molar-refractivity contribution is 6.31. The van der Waals surface area contributed by atoms with Crippen LogP contribution in [0.2, 0.25) is 10.0 Å². The predicted molar refractivity (Wildman–Crippen MR) is 114 cm³/mol. The zero-order valence-electron chi connectivity index (χ0n) is 15.9. The Morgan fingerprint density at radius 1 is 1.00 bits per heavy atom. The summed E-state index contributed by atoms with van der Waals surface area (Å²) in [6.45, 7) is 3.93. The van der Waals surface area contributed by atoms with Gasteiger partial charge in [0.15, 0.2) is 0 Å². The molecule has 0 aliphatic rings. The molecule has 0 saturated heterocycles. The number of nitrogens with zero attached hydrogens (tertiary/aromatic N) is 2. The number of nitro groups is 1. The van der Waals surface area contributed by atoms with E-state index in [1.807, 2.05) is 6.92 Å². The molecule has 0 unspecified atom stereocenters. The minimum absolute atomic E-state index is 0.0292. The van der Waals surface area contributed by atoms with Crippen LogP contribution in [-0.4, -0.2) is 41.3 Å². The third kappa shape index (κ3) is 6.70. The second-order valence-electron chi connectivity index (χ2n) is 6.28. The van der Waals surface area contributed by atoms with E-state index in [-0.39, 0.29) is 35.4 Å². The maximum atomic E-state index is 12.3. The summed E-state index contributed by atoms with van der Waals surface area (Å²) < 4.78 is 0. The lowest BCUT2D eigenvalue weighted by atomic mass is 10.2. The highest BCUT2D eigenvalue weighted by atomic mass is 35.5. The van der Waals surface area contributed by atoms with E-state index in [9.17, 15) is 19.7 Å². The van der Waals surface area contributed by atoms with Crippen LogP contribution in [0.5, 0.6) is 0 Å². The van der Waals surface area contributed by atoms with Gasteiger partial charge in [-0.05, 0) is 43.3 Å². The molecule has 0 atom stereocenters. The normalized spacial score (nSPS) is 10.7. The summed E-state index contributed by atoms with van der Waals surface area (Å²) in [6, 6.07) is 9.14. The number of carbonyl (C=O) groups excluding carboxylic acids is 2. The monoisotopic (exact) mass is 438 g/mol. The van der Waals surface area contributed by atoms with Crippen molar-refractivity contribution in [2.24, 2.45) is 0 Å². The van der Waals surface area contributed by atoms with Crippen molar-refractivity contribution >= 4 is 52.1 Å². The summed E-state index contributed by atoms with van der Waals surface area (Å²) in [7, 11) is 0. The zero-order valence-corrected chi connectivity index (χ0v) is 17.4. The number of nitrogens with one attached hydrogen (secondary N) is 2. The van der Waals surface area contributed by atoms with Crippen molar-refractivity contribution in [1.82, 2.24) is 4.90 Å². The molecular weight excluding hydrogens is 419 g/mol. The van der Waals surface area contributed by atoms with Gasteiger partial charge in [0.25, 0.3) is 5.69 Å². The van der Waals surface area contributed by atoms with Crippen molar-refractivity contribution in [3.05, 3.63) is 62.1 Å². The zero-order chi connectivity index (χ0) is 21.6. The van der Waals surface area contributed by atoms with Crippen LogP contribution in [0.25, 0.3) is 0 Å². The first-order chi connectivity index (χ1) is 13.7. The highest BCUT2D eigenvalue weighted by Gasteiger charge is 2.19. The summed E-state index contributed by atoms with van der Waals surface area (Å²) in [6.07, 6.45) is 0. The van der Waals surface area contributed by atoms with Gasteiger partial charge in [0.05, 0.1) is 18.0 Å². The number of hydrogen-bond donors (Lipinski definition) is 2. The lowest BCUT2D eigenvalue weighted by Gasteiger charge is -2.19. The molecule has 29 heavy (non-hydrogen) atoms. The van der Waals surface area contributed by atoms with Crippen molar-refractivity contribution in [2.75, 3.05) is 30.3 Å². The number of hydrogen-bond acceptors (Lipinski definition) is 5. The van der Waals surface area contributed by atoms with Crippen LogP contribution in [0.1, 0.15) is 12.5 Å². The second kappa shape index (κ2) is 10.2. The minimum atomic E-state index is -0.625. The van der Waals surface area contributed by atoms with Gasteiger partial charge in [-0.1, -0.05) is 36.2 Å². The molecule has 0 spiro atoms. The summed E-state index contributed by atoms with van der Waals surface area (Å²) in [5.41, 5.74) is 1.20. The number of aryl methyl sites for hydroxylation is 1. The summed E-state index contributed by atoms with van der Waals surface area (Å²) >= 11 is 11.7. The number of halogens is 2. The van der Waals surface area contributed by atoms with Crippen molar-refractivity contribution in [2.45, 2.75) is 13.8 Å². The van der Waals surface area contributed by atoms with E-state index in [0.29, 0.717) is 17.3 Å². The highest BCUT2D eigenvalue weighted by Crippen LogP contribution is 2.27. The number of benzene rings is 2. The van der Waals surface area contributed by atoms with Gasteiger partial charge in [-0.15, -0.1) is 0 Å². The molecule has 2 N–H and O–H groups in total. The molecule has 2 aromatic rings. The molecule has 0 aliphatic carbocycles. The quantitative estimate of drug-likeness (QED) is 0.476. The van der Waals surface area contributed by atoms with E-state index in [1.165, 1.54) is 12.1 Å². The number of carbonyl (C=O) groups is 2. The Labute approximate surface area is 177 Å². The molecule has 0 saturated carbocycles. The first-order valence-electron chi connectivity index (χ1n) is 8.71. The Morgan fingerprint density at radius 2 is 1.55 bits per heavy atom. The van der Waals surface area contributed by atoms with Crippen LogP contribution >= 0.6 is 23.2 Å². The molecule has 8 nitrogen and oxygen atoms in total. The number of anilines is 2. The first kappa shape index (κ1) is 22.6. The number of nitro benzene ring substituents is 1. The molecule has 0 aromatic heterocycles. The molecule has 0 radical (unpaired) electrons. The van der Waals surface area contributed by atoms with Gasteiger partial charge in [-0.3, -0.25) is 24.6 Å². The molecule has 0 aliphatic heterocycles. The van der Waals surface area contributed by atoms with E-state index in [2.05, 4.69) is 10.6 Å².